The van der Waals surface area contributed by atoms with Crippen molar-refractivity contribution in [3.8, 4) is 11.3 Å². The minimum Gasteiger partial charge on any atom is -0.356 e. The van der Waals surface area contributed by atoms with Crippen molar-refractivity contribution in [3.63, 3.8) is 0 Å². The maximum absolute atomic E-state index is 13.3. The third-order valence-corrected chi connectivity index (χ3v) is 6.45. The largest absolute Gasteiger partial charge is 0.356 e. The van der Waals surface area contributed by atoms with E-state index >= 15 is 0 Å². The fourth-order valence-electron chi connectivity index (χ4n) is 4.48. The first-order valence-corrected chi connectivity index (χ1v) is 11.7. The molecule has 3 heterocycles. The van der Waals surface area contributed by atoms with Crippen LogP contribution in [0.15, 0.2) is 60.7 Å². The van der Waals surface area contributed by atoms with Crippen molar-refractivity contribution in [3.05, 3.63) is 83.3 Å². The van der Waals surface area contributed by atoms with E-state index in [0.29, 0.717) is 6.54 Å². The van der Waals surface area contributed by atoms with Gasteiger partial charge >= 0.3 is 0 Å². The topological polar surface area (TPSA) is 62.5 Å². The number of aryl methyl sites for hydroxylation is 2. The van der Waals surface area contributed by atoms with Gasteiger partial charge in [-0.25, -0.2) is 9.37 Å². The van der Waals surface area contributed by atoms with Gasteiger partial charge in [0.15, 0.2) is 5.65 Å². The highest BCUT2D eigenvalue weighted by Gasteiger charge is 2.26. The van der Waals surface area contributed by atoms with E-state index in [0.717, 1.165) is 59.9 Å². The lowest BCUT2D eigenvalue weighted by atomic mass is 9.95. The number of nitrogens with one attached hydrogen (secondary N) is 1. The van der Waals surface area contributed by atoms with Gasteiger partial charge in [0.25, 0.3) is 0 Å². The zero-order valence-corrected chi connectivity index (χ0v) is 19.5. The number of halogens is 1. The molecule has 1 N–H and O–H groups in total. The Hall–Kier alpha value is -3.74. The number of fused-ring (bicyclic) bond motifs is 1. The van der Waals surface area contributed by atoms with Gasteiger partial charge in [0, 0.05) is 48.9 Å². The summed E-state index contributed by atoms with van der Waals surface area (Å²) >= 11 is 0. The van der Waals surface area contributed by atoms with E-state index in [4.69, 9.17) is 5.10 Å². The molecule has 0 saturated carbocycles. The summed E-state index contributed by atoms with van der Waals surface area (Å²) in [6.07, 6.45) is 1.57. The maximum atomic E-state index is 13.3. The zero-order chi connectivity index (χ0) is 23.7. The molecule has 1 aliphatic heterocycles. The first-order valence-electron chi connectivity index (χ1n) is 11.7. The molecular weight excluding hydrogens is 429 g/mol. The number of rotatable bonds is 5. The normalized spacial score (nSPS) is 14.5. The van der Waals surface area contributed by atoms with Crippen molar-refractivity contribution in [1.82, 2.24) is 19.9 Å². The molecule has 0 aliphatic carbocycles. The van der Waals surface area contributed by atoms with E-state index in [1.165, 1.54) is 17.7 Å². The zero-order valence-electron chi connectivity index (χ0n) is 19.5. The summed E-state index contributed by atoms with van der Waals surface area (Å²) in [7, 11) is 0. The van der Waals surface area contributed by atoms with Crippen LogP contribution in [-0.4, -0.2) is 33.6 Å². The molecule has 1 fully saturated rings. The highest BCUT2D eigenvalue weighted by atomic mass is 19.1. The van der Waals surface area contributed by atoms with E-state index in [1.54, 1.807) is 12.1 Å². The number of aromatic nitrogens is 3. The molecule has 0 spiro atoms. The lowest BCUT2D eigenvalue weighted by molar-refractivity contribution is -0.125. The van der Waals surface area contributed by atoms with Gasteiger partial charge in [-0.2, -0.15) is 9.61 Å². The van der Waals surface area contributed by atoms with Gasteiger partial charge in [0.2, 0.25) is 5.91 Å². The van der Waals surface area contributed by atoms with Crippen molar-refractivity contribution < 1.29 is 9.18 Å². The summed E-state index contributed by atoms with van der Waals surface area (Å²) in [6.45, 7) is 6.13. The fourth-order valence-corrected chi connectivity index (χ4v) is 4.48. The Morgan fingerprint density at radius 3 is 2.44 bits per heavy atom. The molecule has 5 rings (SSSR count). The van der Waals surface area contributed by atoms with E-state index in [1.807, 2.05) is 23.6 Å². The quantitative estimate of drug-likeness (QED) is 0.473. The van der Waals surface area contributed by atoms with Gasteiger partial charge in [-0.1, -0.05) is 29.8 Å². The molecule has 2 aromatic carbocycles. The van der Waals surface area contributed by atoms with Crippen LogP contribution in [0.5, 0.6) is 0 Å². The predicted molar refractivity (Wildman–Crippen MR) is 131 cm³/mol. The van der Waals surface area contributed by atoms with Crippen molar-refractivity contribution in [2.24, 2.45) is 5.92 Å². The first kappa shape index (κ1) is 22.1. The fraction of sp³-hybridized carbons (Fsp3) is 0.296. The minimum atomic E-state index is -0.270. The SMILES string of the molecule is Cc1ccc(CNC(=O)C2CCN(c3cc(C)nc4cc(-c5ccc(F)cc5)nn34)CC2)cc1. The average molecular weight is 458 g/mol. The van der Waals surface area contributed by atoms with Crippen molar-refractivity contribution >= 4 is 17.4 Å². The van der Waals surface area contributed by atoms with Crippen molar-refractivity contribution in [2.45, 2.75) is 33.2 Å². The number of amides is 1. The number of carbonyl (C=O) groups excluding carboxylic acids is 1. The van der Waals surface area contributed by atoms with Gasteiger partial charge in [-0.15, -0.1) is 0 Å². The van der Waals surface area contributed by atoms with Crippen LogP contribution < -0.4 is 10.2 Å². The summed E-state index contributed by atoms with van der Waals surface area (Å²) in [5, 5.41) is 7.86. The number of piperidine rings is 1. The molecule has 1 aliphatic rings. The number of benzene rings is 2. The van der Waals surface area contributed by atoms with Crippen LogP contribution >= 0.6 is 0 Å². The van der Waals surface area contributed by atoms with E-state index in [9.17, 15) is 9.18 Å². The lowest BCUT2D eigenvalue weighted by Gasteiger charge is -2.33. The van der Waals surface area contributed by atoms with Crippen LogP contribution in [0, 0.1) is 25.6 Å². The predicted octanol–water partition coefficient (Wildman–Crippen LogP) is 4.69. The molecule has 34 heavy (non-hydrogen) atoms. The monoisotopic (exact) mass is 457 g/mol. The Labute approximate surface area is 198 Å². The second-order valence-corrected chi connectivity index (χ2v) is 9.03. The Bertz CT molecular complexity index is 1310. The summed E-state index contributed by atoms with van der Waals surface area (Å²) in [4.78, 5) is 19.7. The van der Waals surface area contributed by atoms with Crippen LogP contribution in [0.4, 0.5) is 10.2 Å². The van der Waals surface area contributed by atoms with Crippen LogP contribution in [-0.2, 0) is 11.3 Å². The molecule has 1 amide bonds. The highest BCUT2D eigenvalue weighted by Crippen LogP contribution is 2.27. The molecule has 2 aromatic heterocycles. The molecule has 0 atom stereocenters. The number of hydrogen-bond donors (Lipinski definition) is 1. The molecule has 1 saturated heterocycles. The molecule has 4 aromatic rings. The van der Waals surface area contributed by atoms with Gasteiger partial charge in [0.1, 0.15) is 11.6 Å². The maximum Gasteiger partial charge on any atom is 0.223 e. The Balaban J connectivity index is 1.28. The van der Waals surface area contributed by atoms with Gasteiger partial charge in [0.05, 0.1) is 5.69 Å². The van der Waals surface area contributed by atoms with Gasteiger partial charge in [-0.3, -0.25) is 4.79 Å². The highest BCUT2D eigenvalue weighted by molar-refractivity contribution is 5.79. The van der Waals surface area contributed by atoms with Crippen LogP contribution in [0.2, 0.25) is 0 Å². The second kappa shape index (κ2) is 9.25. The van der Waals surface area contributed by atoms with Crippen LogP contribution in [0.3, 0.4) is 0 Å². The first-order chi connectivity index (χ1) is 16.5. The van der Waals surface area contributed by atoms with Crippen molar-refractivity contribution in [2.75, 3.05) is 18.0 Å². The van der Waals surface area contributed by atoms with E-state index in [2.05, 4.69) is 46.4 Å². The summed E-state index contributed by atoms with van der Waals surface area (Å²) < 4.78 is 15.2. The molecular formula is C27H28FN5O. The number of hydrogen-bond acceptors (Lipinski definition) is 4. The Morgan fingerprint density at radius 2 is 1.74 bits per heavy atom. The third-order valence-electron chi connectivity index (χ3n) is 6.45. The summed E-state index contributed by atoms with van der Waals surface area (Å²) in [5.74, 6) is 0.823. The van der Waals surface area contributed by atoms with E-state index < -0.39 is 0 Å². The van der Waals surface area contributed by atoms with Gasteiger partial charge in [-0.05, 0) is 56.5 Å². The third kappa shape index (κ3) is 4.64. The molecule has 7 heteroatoms. The second-order valence-electron chi connectivity index (χ2n) is 9.03. The molecule has 6 nitrogen and oxygen atoms in total. The smallest absolute Gasteiger partial charge is 0.223 e. The minimum absolute atomic E-state index is 0.00696. The van der Waals surface area contributed by atoms with Gasteiger partial charge < -0.3 is 10.2 Å². The lowest BCUT2D eigenvalue weighted by Crippen LogP contribution is -2.41. The van der Waals surface area contributed by atoms with E-state index in [-0.39, 0.29) is 17.6 Å². The van der Waals surface area contributed by atoms with Crippen molar-refractivity contribution in [1.29, 1.82) is 0 Å². The molecule has 0 radical (unpaired) electrons. The molecule has 0 bridgehead atoms. The number of anilines is 1. The average Bonchev–Trinajstić information content (AvgIpc) is 3.27. The Kier molecular flexibility index (Phi) is 6.01. The van der Waals surface area contributed by atoms with Crippen LogP contribution in [0.25, 0.3) is 16.9 Å². The number of nitrogens with zero attached hydrogens (tertiary/aromatic N) is 4. The standard InChI is InChI=1S/C27H28FN5O/c1-18-3-5-20(6-4-18)17-29-27(34)22-11-13-32(14-12-22)26-15-19(2)30-25-16-24(31-33(25)26)21-7-9-23(28)10-8-21/h3-10,15-16,22H,11-14,17H2,1-2H3,(H,29,34). The summed E-state index contributed by atoms with van der Waals surface area (Å²) in [6, 6.07) is 18.5. The summed E-state index contributed by atoms with van der Waals surface area (Å²) in [5.41, 5.74) is 5.59. The molecule has 174 valence electrons. The Morgan fingerprint density at radius 1 is 1.03 bits per heavy atom. The van der Waals surface area contributed by atoms with Crippen LogP contribution in [0.1, 0.15) is 29.7 Å². The number of carbonyl (C=O) groups is 1. The molecule has 0 unspecified atom stereocenters.